The summed E-state index contributed by atoms with van der Waals surface area (Å²) >= 11 is 0. The first-order valence-electron chi connectivity index (χ1n) is 5.92. The first-order chi connectivity index (χ1) is 7.65. The van der Waals surface area contributed by atoms with Gasteiger partial charge in [-0.2, -0.15) is 0 Å². The molecular weight excluding hydrogens is 208 g/mol. The van der Waals surface area contributed by atoms with Gasteiger partial charge in [0.25, 0.3) is 0 Å². The van der Waals surface area contributed by atoms with E-state index in [0.717, 1.165) is 25.7 Å². The maximum atomic E-state index is 11.4. The maximum Gasteiger partial charge on any atom is 0.315 e. The standard InChI is InChI=1S/C11H20N2O3/c1-2-12-11(16)13-9-7-5-3-4-6-8(9)10(14)15/h8-9H,2-7H2,1H3,(H,14,15)(H2,12,13,16). The Kier molecular flexibility index (Phi) is 5.08. The zero-order valence-electron chi connectivity index (χ0n) is 9.66. The Balaban J connectivity index is 2.57. The van der Waals surface area contributed by atoms with E-state index in [1.165, 1.54) is 0 Å². The highest BCUT2D eigenvalue weighted by Crippen LogP contribution is 2.23. The second-order valence-electron chi connectivity index (χ2n) is 4.19. The zero-order valence-corrected chi connectivity index (χ0v) is 9.66. The lowest BCUT2D eigenvalue weighted by Gasteiger charge is -2.22. The summed E-state index contributed by atoms with van der Waals surface area (Å²) in [6.07, 6.45) is 4.39. The molecule has 0 aromatic carbocycles. The van der Waals surface area contributed by atoms with Crippen LogP contribution in [0.25, 0.3) is 0 Å². The summed E-state index contributed by atoms with van der Waals surface area (Å²) < 4.78 is 0. The lowest BCUT2D eigenvalue weighted by molar-refractivity contribution is -0.142. The van der Waals surface area contributed by atoms with E-state index in [9.17, 15) is 9.59 Å². The van der Waals surface area contributed by atoms with Crippen molar-refractivity contribution in [3.63, 3.8) is 0 Å². The number of amides is 2. The van der Waals surface area contributed by atoms with Crippen molar-refractivity contribution in [1.82, 2.24) is 10.6 Å². The fourth-order valence-corrected chi connectivity index (χ4v) is 2.16. The largest absolute Gasteiger partial charge is 0.481 e. The van der Waals surface area contributed by atoms with Crippen LogP contribution in [0.1, 0.15) is 39.0 Å². The number of carboxylic acid groups (broad SMARTS) is 1. The van der Waals surface area contributed by atoms with E-state index in [4.69, 9.17) is 5.11 Å². The fraction of sp³-hybridized carbons (Fsp3) is 0.818. The number of carbonyl (C=O) groups is 2. The minimum Gasteiger partial charge on any atom is -0.481 e. The van der Waals surface area contributed by atoms with Crippen molar-refractivity contribution >= 4 is 12.0 Å². The van der Waals surface area contributed by atoms with E-state index in [2.05, 4.69) is 10.6 Å². The number of nitrogens with one attached hydrogen (secondary N) is 2. The van der Waals surface area contributed by atoms with Gasteiger partial charge in [-0.25, -0.2) is 4.79 Å². The van der Waals surface area contributed by atoms with Crippen molar-refractivity contribution in [3.8, 4) is 0 Å². The van der Waals surface area contributed by atoms with E-state index in [0.29, 0.717) is 13.0 Å². The van der Waals surface area contributed by atoms with Gasteiger partial charge in [0.1, 0.15) is 0 Å². The molecule has 1 fully saturated rings. The molecule has 0 aromatic heterocycles. The monoisotopic (exact) mass is 228 g/mol. The van der Waals surface area contributed by atoms with Crippen molar-refractivity contribution < 1.29 is 14.7 Å². The molecule has 2 atom stereocenters. The molecule has 0 bridgehead atoms. The van der Waals surface area contributed by atoms with Crippen LogP contribution in [-0.4, -0.2) is 29.7 Å². The molecule has 0 radical (unpaired) electrons. The Morgan fingerprint density at radius 1 is 1.25 bits per heavy atom. The molecule has 0 saturated heterocycles. The van der Waals surface area contributed by atoms with Gasteiger partial charge in [0.15, 0.2) is 0 Å². The maximum absolute atomic E-state index is 11.4. The minimum absolute atomic E-state index is 0.230. The van der Waals surface area contributed by atoms with Crippen LogP contribution < -0.4 is 10.6 Å². The van der Waals surface area contributed by atoms with Gasteiger partial charge in [0.05, 0.1) is 5.92 Å². The number of rotatable bonds is 3. The van der Waals surface area contributed by atoms with Crippen LogP contribution in [0.2, 0.25) is 0 Å². The zero-order chi connectivity index (χ0) is 12.0. The Morgan fingerprint density at radius 2 is 1.94 bits per heavy atom. The lowest BCUT2D eigenvalue weighted by Crippen LogP contribution is -2.47. The van der Waals surface area contributed by atoms with Gasteiger partial charge < -0.3 is 15.7 Å². The SMILES string of the molecule is CCNC(=O)NC1CCCCCC1C(=O)O. The van der Waals surface area contributed by atoms with Crippen molar-refractivity contribution in [2.24, 2.45) is 5.92 Å². The predicted octanol–water partition coefficient (Wildman–Crippen LogP) is 1.34. The molecular formula is C11H20N2O3. The molecule has 0 spiro atoms. The van der Waals surface area contributed by atoms with Gasteiger partial charge in [-0.05, 0) is 19.8 Å². The third kappa shape index (κ3) is 3.72. The average molecular weight is 228 g/mol. The van der Waals surface area contributed by atoms with Crippen LogP contribution in [0.4, 0.5) is 4.79 Å². The molecule has 2 amide bonds. The van der Waals surface area contributed by atoms with Crippen LogP contribution in [0, 0.1) is 5.92 Å². The molecule has 1 rings (SSSR count). The Hall–Kier alpha value is -1.26. The van der Waals surface area contributed by atoms with Crippen LogP contribution in [0.15, 0.2) is 0 Å². The molecule has 1 aliphatic rings. The number of hydrogen-bond acceptors (Lipinski definition) is 2. The summed E-state index contributed by atoms with van der Waals surface area (Å²) in [5.74, 6) is -1.24. The molecule has 1 aliphatic carbocycles. The molecule has 5 nitrogen and oxygen atoms in total. The minimum atomic E-state index is -0.802. The predicted molar refractivity (Wildman–Crippen MR) is 60.2 cm³/mol. The second kappa shape index (κ2) is 6.35. The summed E-state index contributed by atoms with van der Waals surface area (Å²) in [7, 11) is 0. The van der Waals surface area contributed by atoms with E-state index < -0.39 is 11.9 Å². The smallest absolute Gasteiger partial charge is 0.315 e. The van der Waals surface area contributed by atoms with Gasteiger partial charge >= 0.3 is 12.0 Å². The highest BCUT2D eigenvalue weighted by molar-refractivity contribution is 5.76. The van der Waals surface area contributed by atoms with Gasteiger partial charge in [-0.15, -0.1) is 0 Å². The quantitative estimate of drug-likeness (QED) is 0.638. The highest BCUT2D eigenvalue weighted by atomic mass is 16.4. The number of carboxylic acids is 1. The summed E-state index contributed by atoms with van der Waals surface area (Å²) in [6, 6.07) is -0.493. The van der Waals surface area contributed by atoms with Gasteiger partial charge in [0.2, 0.25) is 0 Å². The number of urea groups is 1. The first kappa shape index (κ1) is 12.8. The van der Waals surface area contributed by atoms with E-state index in [1.54, 1.807) is 0 Å². The summed E-state index contributed by atoms with van der Waals surface area (Å²) in [6.45, 7) is 2.39. The highest BCUT2D eigenvalue weighted by Gasteiger charge is 2.30. The Morgan fingerprint density at radius 3 is 2.56 bits per heavy atom. The molecule has 5 heteroatoms. The summed E-state index contributed by atoms with van der Waals surface area (Å²) in [5, 5.41) is 14.5. The molecule has 0 heterocycles. The molecule has 92 valence electrons. The van der Waals surface area contributed by atoms with Crippen LogP contribution in [0.3, 0.4) is 0 Å². The van der Waals surface area contributed by atoms with Crippen molar-refractivity contribution in [1.29, 1.82) is 0 Å². The van der Waals surface area contributed by atoms with Crippen molar-refractivity contribution in [2.45, 2.75) is 45.1 Å². The molecule has 3 N–H and O–H groups in total. The van der Waals surface area contributed by atoms with E-state index >= 15 is 0 Å². The molecule has 2 unspecified atom stereocenters. The number of aliphatic carboxylic acids is 1. The first-order valence-corrected chi connectivity index (χ1v) is 5.92. The number of carbonyl (C=O) groups excluding carboxylic acids is 1. The third-order valence-corrected chi connectivity index (χ3v) is 2.99. The topological polar surface area (TPSA) is 78.4 Å². The molecule has 1 saturated carbocycles. The average Bonchev–Trinajstić information content (AvgIpc) is 2.43. The lowest BCUT2D eigenvalue weighted by atomic mass is 9.95. The molecule has 0 aliphatic heterocycles. The second-order valence-corrected chi connectivity index (χ2v) is 4.19. The summed E-state index contributed by atoms with van der Waals surface area (Å²) in [5.41, 5.74) is 0. The Bertz CT molecular complexity index is 256. The normalized spacial score (nSPS) is 25.6. The van der Waals surface area contributed by atoms with E-state index in [-0.39, 0.29) is 12.1 Å². The third-order valence-electron chi connectivity index (χ3n) is 2.99. The number of hydrogen-bond donors (Lipinski definition) is 3. The van der Waals surface area contributed by atoms with E-state index in [1.807, 2.05) is 6.92 Å². The summed E-state index contributed by atoms with van der Waals surface area (Å²) in [4.78, 5) is 22.5. The fourth-order valence-electron chi connectivity index (χ4n) is 2.16. The van der Waals surface area contributed by atoms with Crippen molar-refractivity contribution in [3.05, 3.63) is 0 Å². The molecule has 0 aromatic rings. The van der Waals surface area contributed by atoms with Crippen LogP contribution in [0.5, 0.6) is 0 Å². The van der Waals surface area contributed by atoms with Crippen molar-refractivity contribution in [2.75, 3.05) is 6.54 Å². The van der Waals surface area contributed by atoms with Gasteiger partial charge in [-0.1, -0.05) is 19.3 Å². The van der Waals surface area contributed by atoms with Gasteiger partial charge in [0, 0.05) is 12.6 Å². The van der Waals surface area contributed by atoms with Crippen LogP contribution >= 0.6 is 0 Å². The Labute approximate surface area is 95.6 Å². The molecule has 16 heavy (non-hydrogen) atoms. The van der Waals surface area contributed by atoms with Gasteiger partial charge in [-0.3, -0.25) is 4.79 Å². The van der Waals surface area contributed by atoms with Crippen LogP contribution in [-0.2, 0) is 4.79 Å².